The summed E-state index contributed by atoms with van der Waals surface area (Å²) in [5.74, 6) is 0.797. The molecule has 1 unspecified atom stereocenters. The Bertz CT molecular complexity index is 875. The fourth-order valence-electron chi connectivity index (χ4n) is 4.34. The van der Waals surface area contributed by atoms with Crippen molar-refractivity contribution < 1.29 is 19.4 Å². The molecule has 0 radical (unpaired) electrons. The lowest BCUT2D eigenvalue weighted by Gasteiger charge is -2.38. The Kier molecular flexibility index (Phi) is 5.97. The number of benzene rings is 2. The summed E-state index contributed by atoms with van der Waals surface area (Å²) in [5, 5.41) is 11.1. The van der Waals surface area contributed by atoms with Gasteiger partial charge in [-0.25, -0.2) is 4.79 Å². The topological polar surface area (TPSA) is 62.2 Å². The average Bonchev–Trinajstić information content (AvgIpc) is 3.14. The van der Waals surface area contributed by atoms with Gasteiger partial charge in [-0.3, -0.25) is 4.90 Å². The molecule has 2 saturated heterocycles. The number of nitrogens with zero attached hydrogens (tertiary/aromatic N) is 2. The van der Waals surface area contributed by atoms with E-state index in [2.05, 4.69) is 4.90 Å². The van der Waals surface area contributed by atoms with Gasteiger partial charge in [-0.15, -0.1) is 0 Å². The number of aliphatic hydroxyl groups is 1. The molecule has 0 aliphatic carbocycles. The first-order valence-corrected chi connectivity index (χ1v) is 10.6. The van der Waals surface area contributed by atoms with Gasteiger partial charge in [0, 0.05) is 25.3 Å². The predicted octanol–water partition coefficient (Wildman–Crippen LogP) is 3.70. The molecular formula is C24H30N2O4. The third-order valence-electron chi connectivity index (χ3n) is 6.27. The zero-order chi connectivity index (χ0) is 21.1. The van der Waals surface area contributed by atoms with E-state index in [0.29, 0.717) is 19.4 Å². The molecule has 4 rings (SSSR count). The SMILES string of the molecule is COc1ccc(C2(O)CCN(CCC3CN(c4cccc(C)c4)C(=O)O3)CC2)cc1. The number of methoxy groups -OCH3 is 1. The van der Waals surface area contributed by atoms with Gasteiger partial charge in [0.15, 0.2) is 0 Å². The first kappa shape index (κ1) is 20.7. The van der Waals surface area contributed by atoms with Crippen molar-refractivity contribution in [1.82, 2.24) is 4.90 Å². The van der Waals surface area contributed by atoms with Gasteiger partial charge in [-0.1, -0.05) is 24.3 Å². The second kappa shape index (κ2) is 8.66. The van der Waals surface area contributed by atoms with E-state index >= 15 is 0 Å². The molecule has 2 fully saturated rings. The Balaban J connectivity index is 1.27. The van der Waals surface area contributed by atoms with E-state index in [-0.39, 0.29) is 12.2 Å². The first-order valence-electron chi connectivity index (χ1n) is 10.6. The van der Waals surface area contributed by atoms with E-state index in [9.17, 15) is 9.90 Å². The molecule has 0 spiro atoms. The van der Waals surface area contributed by atoms with Crippen LogP contribution in [0.2, 0.25) is 0 Å². The van der Waals surface area contributed by atoms with Crippen LogP contribution in [-0.2, 0) is 10.3 Å². The molecule has 2 aromatic carbocycles. The Morgan fingerprint density at radius 2 is 1.90 bits per heavy atom. The van der Waals surface area contributed by atoms with Crippen LogP contribution in [0.1, 0.15) is 30.4 Å². The molecule has 2 aliphatic heterocycles. The number of hydrogen-bond donors (Lipinski definition) is 1. The predicted molar refractivity (Wildman–Crippen MR) is 116 cm³/mol. The second-order valence-corrected chi connectivity index (χ2v) is 8.35. The molecule has 2 heterocycles. The van der Waals surface area contributed by atoms with Crippen molar-refractivity contribution in [1.29, 1.82) is 0 Å². The number of anilines is 1. The van der Waals surface area contributed by atoms with Crippen LogP contribution < -0.4 is 9.64 Å². The lowest BCUT2D eigenvalue weighted by molar-refractivity contribution is -0.0275. The van der Waals surface area contributed by atoms with Gasteiger partial charge in [0.05, 0.1) is 19.3 Å². The van der Waals surface area contributed by atoms with Crippen molar-refractivity contribution in [3.63, 3.8) is 0 Å². The van der Waals surface area contributed by atoms with Crippen molar-refractivity contribution >= 4 is 11.8 Å². The van der Waals surface area contributed by atoms with E-state index in [1.54, 1.807) is 12.0 Å². The minimum absolute atomic E-state index is 0.0968. The maximum absolute atomic E-state index is 12.3. The van der Waals surface area contributed by atoms with E-state index in [4.69, 9.17) is 9.47 Å². The number of amides is 1. The molecule has 0 bridgehead atoms. The molecule has 6 heteroatoms. The maximum atomic E-state index is 12.3. The maximum Gasteiger partial charge on any atom is 0.414 e. The number of hydrogen-bond acceptors (Lipinski definition) is 5. The molecule has 2 aliphatic rings. The number of piperidine rings is 1. The molecule has 6 nitrogen and oxygen atoms in total. The number of carbonyl (C=O) groups excluding carboxylic acids is 1. The van der Waals surface area contributed by atoms with Crippen LogP contribution in [-0.4, -0.2) is 55.5 Å². The molecule has 1 amide bonds. The van der Waals surface area contributed by atoms with E-state index in [0.717, 1.165) is 48.6 Å². The summed E-state index contributed by atoms with van der Waals surface area (Å²) in [5.41, 5.74) is 2.18. The van der Waals surface area contributed by atoms with Crippen LogP contribution in [0.25, 0.3) is 0 Å². The normalized spacial score (nSPS) is 21.5. The molecular weight excluding hydrogens is 380 g/mol. The summed E-state index contributed by atoms with van der Waals surface area (Å²) in [6.45, 7) is 5.12. The molecule has 0 aromatic heterocycles. The Morgan fingerprint density at radius 1 is 1.17 bits per heavy atom. The lowest BCUT2D eigenvalue weighted by Crippen LogP contribution is -2.43. The van der Waals surface area contributed by atoms with Gasteiger partial charge in [0.25, 0.3) is 0 Å². The fraction of sp³-hybridized carbons (Fsp3) is 0.458. The van der Waals surface area contributed by atoms with Crippen LogP contribution in [0.5, 0.6) is 5.75 Å². The second-order valence-electron chi connectivity index (χ2n) is 8.35. The summed E-state index contributed by atoms with van der Waals surface area (Å²) in [6, 6.07) is 15.6. The van der Waals surface area contributed by atoms with Crippen LogP contribution in [0.3, 0.4) is 0 Å². The molecule has 30 heavy (non-hydrogen) atoms. The van der Waals surface area contributed by atoms with Crippen LogP contribution in [0, 0.1) is 6.92 Å². The smallest absolute Gasteiger partial charge is 0.414 e. The van der Waals surface area contributed by atoms with Crippen molar-refractivity contribution in [2.45, 2.75) is 37.9 Å². The summed E-state index contributed by atoms with van der Waals surface area (Å²) in [4.78, 5) is 16.4. The van der Waals surface area contributed by atoms with Crippen LogP contribution >= 0.6 is 0 Å². The summed E-state index contributed by atoms with van der Waals surface area (Å²) >= 11 is 0. The first-order chi connectivity index (χ1) is 14.5. The lowest BCUT2D eigenvalue weighted by atomic mass is 9.84. The molecule has 2 aromatic rings. The monoisotopic (exact) mass is 410 g/mol. The number of carbonyl (C=O) groups is 1. The van der Waals surface area contributed by atoms with Gasteiger partial charge in [-0.2, -0.15) is 0 Å². The van der Waals surface area contributed by atoms with Crippen molar-refractivity contribution in [3.05, 3.63) is 59.7 Å². The molecule has 0 saturated carbocycles. The number of aryl methyl sites for hydroxylation is 1. The van der Waals surface area contributed by atoms with Gasteiger partial charge in [0.1, 0.15) is 11.9 Å². The van der Waals surface area contributed by atoms with Crippen molar-refractivity contribution in [2.24, 2.45) is 0 Å². The van der Waals surface area contributed by atoms with E-state index in [1.807, 2.05) is 55.5 Å². The number of rotatable bonds is 6. The fourth-order valence-corrected chi connectivity index (χ4v) is 4.34. The molecule has 1 atom stereocenters. The third-order valence-corrected chi connectivity index (χ3v) is 6.27. The van der Waals surface area contributed by atoms with Crippen LogP contribution in [0.4, 0.5) is 10.5 Å². The third kappa shape index (κ3) is 4.45. The Hall–Kier alpha value is -2.57. The van der Waals surface area contributed by atoms with Gasteiger partial charge in [-0.05, 0) is 61.6 Å². The zero-order valence-electron chi connectivity index (χ0n) is 17.7. The summed E-state index contributed by atoms with van der Waals surface area (Å²) < 4.78 is 10.8. The highest BCUT2D eigenvalue weighted by Crippen LogP contribution is 2.34. The van der Waals surface area contributed by atoms with Crippen molar-refractivity contribution in [2.75, 3.05) is 38.2 Å². The van der Waals surface area contributed by atoms with E-state index < -0.39 is 5.60 Å². The van der Waals surface area contributed by atoms with Gasteiger partial charge >= 0.3 is 6.09 Å². The number of likely N-dealkylation sites (tertiary alicyclic amines) is 1. The largest absolute Gasteiger partial charge is 0.497 e. The molecule has 1 N–H and O–H groups in total. The van der Waals surface area contributed by atoms with Crippen LogP contribution in [0.15, 0.2) is 48.5 Å². The Morgan fingerprint density at radius 3 is 2.57 bits per heavy atom. The molecule has 160 valence electrons. The minimum Gasteiger partial charge on any atom is -0.497 e. The van der Waals surface area contributed by atoms with Gasteiger partial charge < -0.3 is 19.5 Å². The quantitative estimate of drug-likeness (QED) is 0.787. The zero-order valence-corrected chi connectivity index (χ0v) is 17.7. The minimum atomic E-state index is -0.787. The summed E-state index contributed by atoms with van der Waals surface area (Å²) in [7, 11) is 1.64. The van der Waals surface area contributed by atoms with E-state index in [1.165, 1.54) is 0 Å². The standard InChI is InChI=1S/C24H30N2O4/c1-18-4-3-5-20(16-18)26-17-22(30-23(26)27)10-13-25-14-11-24(28,12-15-25)19-6-8-21(29-2)9-7-19/h3-9,16,22,28H,10-15,17H2,1-2H3. The Labute approximate surface area is 178 Å². The summed E-state index contributed by atoms with van der Waals surface area (Å²) in [6.07, 6.45) is 1.83. The highest BCUT2D eigenvalue weighted by molar-refractivity contribution is 5.89. The highest BCUT2D eigenvalue weighted by Gasteiger charge is 2.36. The van der Waals surface area contributed by atoms with Gasteiger partial charge in [0.2, 0.25) is 0 Å². The van der Waals surface area contributed by atoms with Crippen molar-refractivity contribution in [3.8, 4) is 5.75 Å². The average molecular weight is 411 g/mol. The number of ether oxygens (including phenoxy) is 2. The number of cyclic esters (lactones) is 1. The highest BCUT2D eigenvalue weighted by atomic mass is 16.6.